The Morgan fingerprint density at radius 2 is 1.03 bits per heavy atom. The molecule has 11 rings (SSSR count). The molecule has 0 atom stereocenters. The van der Waals surface area contributed by atoms with Crippen LogP contribution >= 0.6 is 0 Å². The topological polar surface area (TPSA) is 24.3 Å². The van der Waals surface area contributed by atoms with Crippen LogP contribution in [-0.2, 0) is 42.7 Å². The summed E-state index contributed by atoms with van der Waals surface area (Å²) in [6.45, 7) is 25.1. The van der Waals surface area contributed by atoms with Crippen molar-refractivity contribution in [3.63, 3.8) is 0 Å². The minimum Gasteiger partial charge on any atom is -0.500 e. The molecule has 10 aromatic rings. The molecule has 0 aliphatic carbocycles. The molecule has 0 fully saturated rings. The van der Waals surface area contributed by atoms with Crippen LogP contribution < -0.4 is 26.2 Å². The first-order valence-electron chi connectivity index (χ1n) is 26.5. The van der Waals surface area contributed by atoms with Gasteiger partial charge in [0.2, 0.25) is 0 Å². The summed E-state index contributed by atoms with van der Waals surface area (Å²) in [5, 5.41) is 2.31. The predicted octanol–water partition coefficient (Wildman–Crippen LogP) is 15.1. The average Bonchev–Trinajstić information content (AvgIpc) is 4.14. The van der Waals surface area contributed by atoms with Crippen molar-refractivity contribution in [2.45, 2.75) is 90.9 Å². The monoisotopic (exact) mass is 1170 g/mol. The summed E-state index contributed by atoms with van der Waals surface area (Å²) in [6, 6.07) is 79.1. The van der Waals surface area contributed by atoms with Crippen LogP contribution in [0.5, 0.6) is 0 Å². The second-order valence-corrected chi connectivity index (χ2v) is 23.5. The quantitative estimate of drug-likeness (QED) is 0.0953. The molecule has 1 aliphatic rings. The Morgan fingerprint density at radius 1 is 0.447 bits per heavy atom. The number of fused-ring (bicyclic) bond motifs is 3. The number of hydrogen-bond acceptors (Lipinski definition) is 3. The molecule has 0 saturated carbocycles. The normalized spacial score (nSPS) is 13.1. The minimum absolute atomic E-state index is 0. The van der Waals surface area contributed by atoms with Gasteiger partial charge in [0, 0.05) is 49.3 Å². The fraction of sp³-hybridized carbons (Fsp3) is 0.200. The van der Waals surface area contributed by atoms with Crippen molar-refractivity contribution in [2.24, 2.45) is 0 Å². The maximum absolute atomic E-state index is 5.07. The molecule has 1 aliphatic heterocycles. The Labute approximate surface area is 466 Å². The summed E-state index contributed by atoms with van der Waals surface area (Å²) in [6.07, 6.45) is 6.32. The van der Waals surface area contributed by atoms with E-state index in [1.165, 1.54) is 55.4 Å². The Hall–Kier alpha value is -7.20. The van der Waals surface area contributed by atoms with Crippen LogP contribution in [0.3, 0.4) is 0 Å². The largest absolute Gasteiger partial charge is 0.500 e. The van der Waals surface area contributed by atoms with E-state index in [2.05, 4.69) is 309 Å². The zero-order valence-corrected chi connectivity index (χ0v) is 47.7. The fourth-order valence-corrected chi connectivity index (χ4v) is 10.8. The molecule has 0 radical (unpaired) electrons. The van der Waals surface area contributed by atoms with E-state index >= 15 is 0 Å². The smallest absolute Gasteiger partial charge is 0.191 e. The van der Waals surface area contributed by atoms with Gasteiger partial charge < -0.3 is 14.4 Å². The van der Waals surface area contributed by atoms with Gasteiger partial charge in [-0.25, -0.2) is 4.98 Å². The number of anilines is 2. The predicted molar refractivity (Wildman–Crippen MR) is 319 cm³/mol. The van der Waals surface area contributed by atoms with Gasteiger partial charge in [-0.05, 0) is 97.9 Å². The summed E-state index contributed by atoms with van der Waals surface area (Å²) < 4.78 is 2.32. The van der Waals surface area contributed by atoms with Crippen LogP contribution in [0, 0.1) is 18.8 Å². The summed E-state index contributed by atoms with van der Waals surface area (Å²) >= 11 is 0. The molecule has 0 saturated heterocycles. The molecule has 2 aromatic heterocycles. The molecule has 3 heterocycles. The first-order chi connectivity index (χ1) is 35.9. The van der Waals surface area contributed by atoms with Gasteiger partial charge in [-0.2, -0.15) is 46.8 Å². The van der Waals surface area contributed by atoms with Gasteiger partial charge in [0.15, 0.2) is 6.71 Å². The standard InChI is InChI=1S/C70H66BN4.Pt/c1-67(2,3)53-35-36-72-66(45-53)75-64-34-31-50(49-23-15-11-16-24-49)39-63(64)62-33-32-58(47-65(62)75)71(57-29-21-14-22-30-57)59-41-54(68(4,5)6)42-61(46-59)74-38-37-73(48-74)60-43-55(69(7,8)51-25-17-12-18-26-51)40-56(44-60)70(9,10)52-27-19-13-20-28-52;/h11-45,48H,1-10H3;/q-3;. The third-order valence-electron chi connectivity index (χ3n) is 15.7. The molecule has 382 valence electrons. The number of rotatable bonds is 11. The summed E-state index contributed by atoms with van der Waals surface area (Å²) in [5.74, 6) is 0.883. The minimum atomic E-state index is -0.245. The number of hydrogen-bond donors (Lipinski definition) is 0. The van der Waals surface area contributed by atoms with Crippen LogP contribution in [0.25, 0.3) is 38.8 Å². The summed E-state index contributed by atoms with van der Waals surface area (Å²) in [5.41, 5.74) is 16.7. The van der Waals surface area contributed by atoms with Crippen molar-refractivity contribution in [3.8, 4) is 16.9 Å². The Balaban J connectivity index is 0.00000657. The summed E-state index contributed by atoms with van der Waals surface area (Å²) in [4.78, 5) is 9.58. The first kappa shape index (κ1) is 52.3. The zero-order chi connectivity index (χ0) is 52.3. The van der Waals surface area contributed by atoms with Gasteiger partial charge in [0.25, 0.3) is 0 Å². The van der Waals surface area contributed by atoms with E-state index < -0.39 is 0 Å². The second kappa shape index (κ2) is 20.4. The van der Waals surface area contributed by atoms with E-state index in [-0.39, 0.29) is 49.4 Å². The van der Waals surface area contributed by atoms with Gasteiger partial charge in [0.05, 0.1) is 0 Å². The van der Waals surface area contributed by atoms with Gasteiger partial charge in [-0.1, -0.05) is 220 Å². The molecule has 4 nitrogen and oxygen atoms in total. The van der Waals surface area contributed by atoms with Crippen molar-refractivity contribution in [1.29, 1.82) is 0 Å². The molecule has 6 heteroatoms. The van der Waals surface area contributed by atoms with Crippen LogP contribution in [-0.4, -0.2) is 16.3 Å². The van der Waals surface area contributed by atoms with E-state index in [0.29, 0.717) is 0 Å². The van der Waals surface area contributed by atoms with E-state index in [9.17, 15) is 0 Å². The van der Waals surface area contributed by atoms with Gasteiger partial charge in [0.1, 0.15) is 5.82 Å². The molecular weight excluding hydrogens is 1100 g/mol. The second-order valence-electron chi connectivity index (χ2n) is 23.5. The number of nitrogens with zero attached hydrogens (tertiary/aromatic N) is 4. The van der Waals surface area contributed by atoms with Crippen molar-refractivity contribution in [2.75, 3.05) is 9.80 Å². The maximum atomic E-state index is 5.07. The number of pyridine rings is 1. The fourth-order valence-electron chi connectivity index (χ4n) is 10.8. The van der Waals surface area contributed by atoms with E-state index in [1.807, 2.05) is 6.20 Å². The molecule has 0 spiro atoms. The van der Waals surface area contributed by atoms with Gasteiger partial charge in [-0.15, -0.1) is 23.8 Å². The van der Waals surface area contributed by atoms with E-state index in [1.54, 1.807) is 0 Å². The van der Waals surface area contributed by atoms with Crippen molar-refractivity contribution in [1.82, 2.24) is 9.55 Å². The molecule has 0 amide bonds. The molecule has 0 unspecified atom stereocenters. The molecule has 0 bridgehead atoms. The van der Waals surface area contributed by atoms with Gasteiger partial charge in [-0.3, -0.25) is 0 Å². The third kappa shape index (κ3) is 10.0. The SMILES string of the molecule is CC(C)(C)c1cc(B(c2[c-]c3c(cc2)c2cc(-c4ccccc4)ccc2n3-c2cc(C(C)(C)C)ccn2)c2ccccc2)[c-]c(N2C=CN(c3cc(C(C)(C)c4ccccc4)cc(C(C)(C)c4ccccc4)c3)[CH-]2)c1.[Pt]. The number of aromatic nitrogens is 2. The van der Waals surface area contributed by atoms with Crippen molar-refractivity contribution >= 4 is 56.3 Å². The average molecular weight is 1170 g/mol. The Morgan fingerprint density at radius 3 is 1.63 bits per heavy atom. The van der Waals surface area contributed by atoms with Gasteiger partial charge >= 0.3 is 0 Å². The van der Waals surface area contributed by atoms with Crippen molar-refractivity contribution in [3.05, 3.63) is 265 Å². The van der Waals surface area contributed by atoms with Crippen LogP contribution in [0.2, 0.25) is 0 Å². The molecule has 8 aromatic carbocycles. The third-order valence-corrected chi connectivity index (χ3v) is 15.7. The first-order valence-corrected chi connectivity index (χ1v) is 26.5. The van der Waals surface area contributed by atoms with Crippen molar-refractivity contribution < 1.29 is 21.1 Å². The van der Waals surface area contributed by atoms with E-state index in [0.717, 1.165) is 44.5 Å². The van der Waals surface area contributed by atoms with Crippen LogP contribution in [0.15, 0.2) is 213 Å². The molecular formula is C70H66BN4Pt-3. The Bertz CT molecular complexity index is 3650. The Kier molecular flexibility index (Phi) is 14.0. The summed E-state index contributed by atoms with van der Waals surface area (Å²) in [7, 11) is 0. The zero-order valence-electron chi connectivity index (χ0n) is 45.5. The molecule has 76 heavy (non-hydrogen) atoms. The van der Waals surface area contributed by atoms with E-state index in [4.69, 9.17) is 4.98 Å². The van der Waals surface area contributed by atoms with Crippen LogP contribution in [0.4, 0.5) is 11.4 Å². The number of benzene rings is 8. The molecule has 0 N–H and O–H groups in total. The maximum Gasteiger partial charge on any atom is 0.191 e. The van der Waals surface area contributed by atoms with Crippen LogP contribution in [0.1, 0.15) is 103 Å².